The fraction of sp³-hybridized carbons (Fsp3) is 0.320. The van der Waals surface area contributed by atoms with Gasteiger partial charge in [0.1, 0.15) is 18.0 Å². The molecule has 1 aliphatic heterocycles. The van der Waals surface area contributed by atoms with E-state index in [0.29, 0.717) is 22.6 Å². The normalized spacial score (nSPS) is 13.6. The first-order chi connectivity index (χ1) is 16.0. The first-order valence-electron chi connectivity index (χ1n) is 10.9. The summed E-state index contributed by atoms with van der Waals surface area (Å²) in [5.74, 6) is -0.512. The molecule has 1 aromatic heterocycles. The molecular formula is C25H27N3O5. The molecule has 0 spiro atoms. The van der Waals surface area contributed by atoms with E-state index in [1.807, 2.05) is 17.0 Å². The largest absolute Gasteiger partial charge is 0.497 e. The molecule has 0 bridgehead atoms. The van der Waals surface area contributed by atoms with E-state index in [1.165, 1.54) is 14.2 Å². The zero-order valence-electron chi connectivity index (χ0n) is 18.8. The summed E-state index contributed by atoms with van der Waals surface area (Å²) in [6, 6.07) is 12.2. The zero-order valence-corrected chi connectivity index (χ0v) is 18.8. The van der Waals surface area contributed by atoms with Crippen molar-refractivity contribution in [1.82, 2.24) is 9.47 Å². The summed E-state index contributed by atoms with van der Waals surface area (Å²) in [7, 11) is 3.00. The number of para-hydroxylation sites is 1. The third kappa shape index (κ3) is 4.69. The van der Waals surface area contributed by atoms with Crippen LogP contribution < -0.4 is 14.8 Å². The molecule has 1 saturated heterocycles. The minimum atomic E-state index is -0.788. The average Bonchev–Trinajstić information content (AvgIpc) is 3.22. The lowest BCUT2D eigenvalue weighted by Gasteiger charge is -2.27. The van der Waals surface area contributed by atoms with Crippen LogP contribution in [0.1, 0.15) is 29.6 Å². The number of carbonyl (C=O) groups is 3. The molecule has 8 heteroatoms. The Labute approximate surface area is 192 Å². The van der Waals surface area contributed by atoms with E-state index in [4.69, 9.17) is 9.47 Å². The number of ether oxygens (including phenoxy) is 2. The number of fused-ring (bicyclic) bond motifs is 1. The van der Waals surface area contributed by atoms with Crippen LogP contribution in [0.4, 0.5) is 5.69 Å². The maximum atomic E-state index is 13.1. The van der Waals surface area contributed by atoms with Crippen LogP contribution in [0.2, 0.25) is 0 Å². The maximum Gasteiger partial charge on any atom is 0.296 e. The van der Waals surface area contributed by atoms with Crippen LogP contribution in [-0.2, 0) is 16.1 Å². The van der Waals surface area contributed by atoms with Crippen molar-refractivity contribution >= 4 is 34.2 Å². The number of nitrogens with zero attached hydrogens (tertiary/aromatic N) is 2. The van der Waals surface area contributed by atoms with Crippen molar-refractivity contribution in [1.29, 1.82) is 0 Å². The van der Waals surface area contributed by atoms with Crippen molar-refractivity contribution in [2.45, 2.75) is 25.8 Å². The monoisotopic (exact) mass is 449 g/mol. The Morgan fingerprint density at radius 1 is 0.970 bits per heavy atom. The molecule has 0 unspecified atom stereocenters. The summed E-state index contributed by atoms with van der Waals surface area (Å²) >= 11 is 0. The molecule has 0 saturated carbocycles. The van der Waals surface area contributed by atoms with Crippen LogP contribution in [0.25, 0.3) is 10.9 Å². The fourth-order valence-electron chi connectivity index (χ4n) is 4.15. The number of piperidine rings is 1. The highest BCUT2D eigenvalue weighted by atomic mass is 16.5. The molecule has 2 aromatic carbocycles. The number of aromatic nitrogens is 1. The summed E-state index contributed by atoms with van der Waals surface area (Å²) in [4.78, 5) is 40.6. The number of anilines is 1. The van der Waals surface area contributed by atoms with Crippen LogP contribution in [0.5, 0.6) is 11.5 Å². The van der Waals surface area contributed by atoms with Crippen LogP contribution in [0, 0.1) is 0 Å². The summed E-state index contributed by atoms with van der Waals surface area (Å²) in [6.07, 6.45) is 4.76. The smallest absolute Gasteiger partial charge is 0.296 e. The van der Waals surface area contributed by atoms with Gasteiger partial charge >= 0.3 is 0 Å². The van der Waals surface area contributed by atoms with Crippen LogP contribution in [0.3, 0.4) is 0 Å². The zero-order chi connectivity index (χ0) is 23.4. The highest BCUT2D eigenvalue weighted by Gasteiger charge is 2.24. The van der Waals surface area contributed by atoms with E-state index in [0.717, 1.165) is 37.9 Å². The molecular weight excluding hydrogens is 422 g/mol. The SMILES string of the molecule is COc1ccc(NC(=O)C(=O)c2cn(CC(=O)N3CCCCC3)c3ccccc23)c(OC)c1. The molecule has 172 valence electrons. The summed E-state index contributed by atoms with van der Waals surface area (Å²) < 4.78 is 12.2. The highest BCUT2D eigenvalue weighted by Crippen LogP contribution is 2.29. The molecule has 33 heavy (non-hydrogen) atoms. The number of hydrogen-bond acceptors (Lipinski definition) is 5. The first-order valence-corrected chi connectivity index (χ1v) is 10.9. The predicted octanol–water partition coefficient (Wildman–Crippen LogP) is 3.49. The van der Waals surface area contributed by atoms with Gasteiger partial charge in [-0.1, -0.05) is 18.2 Å². The third-order valence-electron chi connectivity index (χ3n) is 5.91. The van der Waals surface area contributed by atoms with Crippen LogP contribution >= 0.6 is 0 Å². The Hall–Kier alpha value is -3.81. The summed E-state index contributed by atoms with van der Waals surface area (Å²) in [5.41, 5.74) is 1.35. The molecule has 1 N–H and O–H groups in total. The molecule has 8 nitrogen and oxygen atoms in total. The number of rotatable bonds is 7. The van der Waals surface area contributed by atoms with E-state index in [2.05, 4.69) is 5.32 Å². The van der Waals surface area contributed by atoms with E-state index >= 15 is 0 Å². The molecule has 0 radical (unpaired) electrons. The number of amides is 2. The van der Waals surface area contributed by atoms with E-state index in [9.17, 15) is 14.4 Å². The van der Waals surface area contributed by atoms with Crippen molar-refractivity contribution in [2.24, 2.45) is 0 Å². The number of Topliss-reactive ketones (excluding diaryl/α,β-unsaturated/α-hetero) is 1. The third-order valence-corrected chi connectivity index (χ3v) is 5.91. The van der Waals surface area contributed by atoms with Gasteiger partial charge < -0.3 is 24.3 Å². The summed E-state index contributed by atoms with van der Waals surface area (Å²) in [5, 5.41) is 3.25. The van der Waals surface area contributed by atoms with Gasteiger partial charge in [0, 0.05) is 36.3 Å². The van der Waals surface area contributed by atoms with Gasteiger partial charge in [0.25, 0.3) is 11.7 Å². The standard InChI is InChI=1S/C25H27N3O5/c1-32-17-10-11-20(22(14-17)33-2)26-25(31)24(30)19-15-28(21-9-5-4-8-18(19)21)16-23(29)27-12-6-3-7-13-27/h4-5,8-11,14-15H,3,6-7,12-13,16H2,1-2H3,(H,26,31). The Morgan fingerprint density at radius 3 is 2.45 bits per heavy atom. The van der Waals surface area contributed by atoms with Crippen molar-refractivity contribution in [3.63, 3.8) is 0 Å². The molecule has 1 fully saturated rings. The molecule has 4 rings (SSSR count). The van der Waals surface area contributed by atoms with Crippen molar-refractivity contribution in [2.75, 3.05) is 32.6 Å². The van der Waals surface area contributed by atoms with E-state index in [1.54, 1.807) is 41.1 Å². The van der Waals surface area contributed by atoms with Crippen molar-refractivity contribution in [3.05, 3.63) is 54.2 Å². The lowest BCUT2D eigenvalue weighted by molar-refractivity contribution is -0.132. The molecule has 0 aliphatic carbocycles. The minimum Gasteiger partial charge on any atom is -0.497 e. The number of hydrogen-bond donors (Lipinski definition) is 1. The Kier molecular flexibility index (Phi) is 6.63. The number of likely N-dealkylation sites (tertiary alicyclic amines) is 1. The number of ketones is 1. The predicted molar refractivity (Wildman–Crippen MR) is 125 cm³/mol. The van der Waals surface area contributed by atoms with Gasteiger partial charge in [-0.05, 0) is 37.5 Å². The van der Waals surface area contributed by atoms with Crippen LogP contribution in [-0.4, -0.2) is 54.4 Å². The molecule has 0 atom stereocenters. The van der Waals surface area contributed by atoms with Crippen molar-refractivity contribution < 1.29 is 23.9 Å². The lowest BCUT2D eigenvalue weighted by atomic mass is 10.1. The maximum absolute atomic E-state index is 13.1. The number of methoxy groups -OCH3 is 2. The molecule has 3 aromatic rings. The molecule has 1 aliphatic rings. The second-order valence-corrected chi connectivity index (χ2v) is 7.98. The van der Waals surface area contributed by atoms with Gasteiger partial charge in [0.05, 0.1) is 25.5 Å². The molecule has 2 heterocycles. The Balaban J connectivity index is 1.58. The van der Waals surface area contributed by atoms with Gasteiger partial charge in [-0.3, -0.25) is 14.4 Å². The quantitative estimate of drug-likeness (QED) is 0.441. The minimum absolute atomic E-state index is 0.0156. The second-order valence-electron chi connectivity index (χ2n) is 7.98. The number of nitrogens with one attached hydrogen (secondary N) is 1. The topological polar surface area (TPSA) is 89.9 Å². The highest BCUT2D eigenvalue weighted by molar-refractivity contribution is 6.48. The number of carbonyl (C=O) groups excluding carboxylic acids is 3. The second kappa shape index (κ2) is 9.77. The Morgan fingerprint density at radius 2 is 1.73 bits per heavy atom. The lowest BCUT2D eigenvalue weighted by Crippen LogP contribution is -2.37. The number of benzene rings is 2. The molecule has 2 amide bonds. The fourth-order valence-corrected chi connectivity index (χ4v) is 4.15. The van der Waals surface area contributed by atoms with Gasteiger partial charge in [-0.2, -0.15) is 0 Å². The van der Waals surface area contributed by atoms with Crippen molar-refractivity contribution in [3.8, 4) is 11.5 Å². The van der Waals surface area contributed by atoms with E-state index in [-0.39, 0.29) is 18.0 Å². The van der Waals surface area contributed by atoms with E-state index < -0.39 is 11.7 Å². The van der Waals surface area contributed by atoms with Crippen LogP contribution in [0.15, 0.2) is 48.7 Å². The van der Waals surface area contributed by atoms with Gasteiger partial charge in [-0.15, -0.1) is 0 Å². The first kappa shape index (κ1) is 22.4. The van der Waals surface area contributed by atoms with Gasteiger partial charge in [-0.25, -0.2) is 0 Å². The average molecular weight is 450 g/mol. The van der Waals surface area contributed by atoms with Gasteiger partial charge in [0.2, 0.25) is 5.91 Å². The Bertz CT molecular complexity index is 1190. The van der Waals surface area contributed by atoms with Gasteiger partial charge in [0.15, 0.2) is 0 Å². The summed E-state index contributed by atoms with van der Waals surface area (Å²) in [6.45, 7) is 1.65.